The number of benzene rings is 2. The molecule has 2 bridgehead atoms. The fourth-order valence-electron chi connectivity index (χ4n) is 6.07. The first-order chi connectivity index (χ1) is 13.2. The minimum Gasteiger partial charge on any atom is -0.496 e. The molecule has 140 valence electrons. The molecule has 0 aromatic heterocycles. The van der Waals surface area contributed by atoms with E-state index < -0.39 is 0 Å². The standard InChI is InChI=1S/C24H27NO2/c1-27-23-18(13-16-5-3-2-4-6-16)8-7-17-14-21-20-10-9-19(26)15-24(20,22(17)23)11-12-25-21/h2-8,20-21,25H,9-15H2,1H3/t20-,21+,24-/m0/s1. The zero-order chi connectivity index (χ0) is 18.4. The summed E-state index contributed by atoms with van der Waals surface area (Å²) in [6.45, 7) is 1.000. The van der Waals surface area contributed by atoms with Crippen molar-refractivity contribution in [1.29, 1.82) is 0 Å². The molecule has 5 rings (SSSR count). The average molecular weight is 361 g/mol. The molecule has 3 aliphatic rings. The Morgan fingerprint density at radius 2 is 2.04 bits per heavy atom. The summed E-state index contributed by atoms with van der Waals surface area (Å²) in [6.07, 6.45) is 5.41. The Morgan fingerprint density at radius 1 is 1.19 bits per heavy atom. The van der Waals surface area contributed by atoms with Gasteiger partial charge in [-0.25, -0.2) is 0 Å². The first-order valence-corrected chi connectivity index (χ1v) is 10.2. The minimum absolute atomic E-state index is 0.0309. The third kappa shape index (κ3) is 2.63. The van der Waals surface area contributed by atoms with Gasteiger partial charge in [-0.3, -0.25) is 4.79 Å². The van der Waals surface area contributed by atoms with Crippen LogP contribution in [0.4, 0.5) is 0 Å². The van der Waals surface area contributed by atoms with Crippen LogP contribution in [-0.2, 0) is 23.1 Å². The molecule has 2 aromatic carbocycles. The maximum atomic E-state index is 12.5. The first-order valence-electron chi connectivity index (χ1n) is 10.2. The molecule has 3 atom stereocenters. The molecular formula is C24H27NO2. The number of piperidine rings is 1. The zero-order valence-corrected chi connectivity index (χ0v) is 16.0. The number of nitrogens with one attached hydrogen (secondary N) is 1. The second-order valence-electron chi connectivity index (χ2n) is 8.49. The quantitative estimate of drug-likeness (QED) is 0.903. The van der Waals surface area contributed by atoms with Crippen LogP contribution in [-0.4, -0.2) is 25.5 Å². The van der Waals surface area contributed by atoms with E-state index in [1.807, 2.05) is 0 Å². The molecule has 1 saturated carbocycles. The molecule has 1 heterocycles. The number of carbonyl (C=O) groups excluding carboxylic acids is 1. The van der Waals surface area contributed by atoms with Crippen LogP contribution in [0, 0.1) is 5.92 Å². The summed E-state index contributed by atoms with van der Waals surface area (Å²) in [5.41, 5.74) is 5.24. The van der Waals surface area contributed by atoms with E-state index >= 15 is 0 Å². The Balaban J connectivity index is 1.66. The Kier molecular flexibility index (Phi) is 4.08. The third-order valence-corrected chi connectivity index (χ3v) is 7.12. The lowest BCUT2D eigenvalue weighted by Crippen LogP contribution is -2.60. The third-order valence-electron chi connectivity index (χ3n) is 7.12. The number of ketones is 1. The van der Waals surface area contributed by atoms with Gasteiger partial charge in [-0.2, -0.15) is 0 Å². The number of hydrogen-bond acceptors (Lipinski definition) is 3. The van der Waals surface area contributed by atoms with Crippen LogP contribution in [0.5, 0.6) is 5.75 Å². The largest absolute Gasteiger partial charge is 0.496 e. The second-order valence-corrected chi connectivity index (χ2v) is 8.49. The van der Waals surface area contributed by atoms with Crippen molar-refractivity contribution in [2.45, 2.75) is 50.0 Å². The van der Waals surface area contributed by atoms with Crippen molar-refractivity contribution in [2.75, 3.05) is 13.7 Å². The highest BCUT2D eigenvalue weighted by Crippen LogP contribution is 2.56. The topological polar surface area (TPSA) is 38.3 Å². The summed E-state index contributed by atoms with van der Waals surface area (Å²) < 4.78 is 6.05. The number of carbonyl (C=O) groups is 1. The van der Waals surface area contributed by atoms with Crippen LogP contribution in [0.15, 0.2) is 42.5 Å². The Hall–Kier alpha value is -2.13. The normalized spacial score (nSPS) is 29.0. The predicted octanol–water partition coefficient (Wildman–Crippen LogP) is 3.81. The van der Waals surface area contributed by atoms with Crippen molar-refractivity contribution in [1.82, 2.24) is 5.32 Å². The maximum absolute atomic E-state index is 12.5. The van der Waals surface area contributed by atoms with Gasteiger partial charge in [-0.15, -0.1) is 0 Å². The molecule has 0 amide bonds. The summed E-state index contributed by atoms with van der Waals surface area (Å²) in [6, 6.07) is 15.6. The van der Waals surface area contributed by atoms with E-state index in [1.54, 1.807) is 7.11 Å². The molecule has 3 heteroatoms. The molecule has 0 unspecified atom stereocenters. The summed E-state index contributed by atoms with van der Waals surface area (Å²) in [7, 11) is 1.80. The van der Waals surface area contributed by atoms with Crippen molar-refractivity contribution in [2.24, 2.45) is 5.92 Å². The highest BCUT2D eigenvalue weighted by atomic mass is 16.5. The fraction of sp³-hybridized carbons (Fsp3) is 0.458. The molecule has 1 N–H and O–H groups in total. The van der Waals surface area contributed by atoms with Gasteiger partial charge in [0.2, 0.25) is 0 Å². The van der Waals surface area contributed by atoms with Crippen LogP contribution in [0.3, 0.4) is 0 Å². The Labute approximate surface area is 161 Å². The SMILES string of the molecule is COc1c(Cc2ccccc2)ccc2c1[C@]13CCN[C@H](C2)[C@@H]1CCC(=O)C3. The summed E-state index contributed by atoms with van der Waals surface area (Å²) in [4.78, 5) is 12.5. The van der Waals surface area contributed by atoms with E-state index in [1.165, 1.54) is 22.3 Å². The molecule has 2 aliphatic carbocycles. The van der Waals surface area contributed by atoms with E-state index in [-0.39, 0.29) is 5.41 Å². The van der Waals surface area contributed by atoms with Gasteiger partial charge in [0, 0.05) is 36.3 Å². The number of methoxy groups -OCH3 is 1. The molecule has 3 nitrogen and oxygen atoms in total. The molecule has 0 radical (unpaired) electrons. The van der Waals surface area contributed by atoms with Gasteiger partial charge in [0.25, 0.3) is 0 Å². The van der Waals surface area contributed by atoms with E-state index in [0.717, 1.165) is 44.4 Å². The minimum atomic E-state index is -0.0309. The van der Waals surface area contributed by atoms with Gasteiger partial charge in [-0.05, 0) is 48.4 Å². The molecule has 2 aromatic rings. The monoisotopic (exact) mass is 361 g/mol. The van der Waals surface area contributed by atoms with Crippen LogP contribution < -0.4 is 10.1 Å². The van der Waals surface area contributed by atoms with E-state index in [2.05, 4.69) is 47.8 Å². The van der Waals surface area contributed by atoms with Crippen molar-refractivity contribution < 1.29 is 9.53 Å². The van der Waals surface area contributed by atoms with Gasteiger partial charge in [0.05, 0.1) is 7.11 Å². The van der Waals surface area contributed by atoms with Crippen LogP contribution in [0.2, 0.25) is 0 Å². The van der Waals surface area contributed by atoms with Crippen molar-refractivity contribution >= 4 is 5.78 Å². The number of hydrogen-bond donors (Lipinski definition) is 1. The van der Waals surface area contributed by atoms with Crippen LogP contribution >= 0.6 is 0 Å². The Morgan fingerprint density at radius 3 is 2.85 bits per heavy atom. The van der Waals surface area contributed by atoms with E-state index in [9.17, 15) is 4.79 Å². The number of ether oxygens (including phenoxy) is 1. The lowest BCUT2D eigenvalue weighted by Gasteiger charge is -2.55. The summed E-state index contributed by atoms with van der Waals surface area (Å²) in [5, 5.41) is 3.74. The van der Waals surface area contributed by atoms with Gasteiger partial charge in [-0.1, -0.05) is 42.5 Å². The molecular weight excluding hydrogens is 334 g/mol. The number of fused-ring (bicyclic) bond motifs is 1. The van der Waals surface area contributed by atoms with Gasteiger partial charge in [0.15, 0.2) is 0 Å². The zero-order valence-electron chi connectivity index (χ0n) is 16.0. The van der Waals surface area contributed by atoms with Crippen molar-refractivity contribution in [3.05, 3.63) is 64.7 Å². The van der Waals surface area contributed by atoms with Crippen LogP contribution in [0.25, 0.3) is 0 Å². The molecule has 27 heavy (non-hydrogen) atoms. The van der Waals surface area contributed by atoms with Crippen LogP contribution in [0.1, 0.15) is 47.9 Å². The van der Waals surface area contributed by atoms with Gasteiger partial charge >= 0.3 is 0 Å². The molecule has 1 saturated heterocycles. The summed E-state index contributed by atoms with van der Waals surface area (Å²) in [5.74, 6) is 2.02. The smallest absolute Gasteiger partial charge is 0.133 e. The number of rotatable bonds is 3. The van der Waals surface area contributed by atoms with Gasteiger partial charge in [0.1, 0.15) is 11.5 Å². The highest BCUT2D eigenvalue weighted by Gasteiger charge is 2.54. The van der Waals surface area contributed by atoms with Crippen molar-refractivity contribution in [3.63, 3.8) is 0 Å². The molecule has 0 spiro atoms. The summed E-state index contributed by atoms with van der Waals surface area (Å²) >= 11 is 0. The Bertz CT molecular complexity index is 875. The van der Waals surface area contributed by atoms with Crippen molar-refractivity contribution in [3.8, 4) is 5.75 Å². The van der Waals surface area contributed by atoms with E-state index in [4.69, 9.17) is 4.74 Å². The number of Topliss-reactive ketones (excluding diaryl/α,β-unsaturated/α-hetero) is 1. The molecule has 1 aliphatic heterocycles. The predicted molar refractivity (Wildman–Crippen MR) is 106 cm³/mol. The fourth-order valence-corrected chi connectivity index (χ4v) is 6.07. The van der Waals surface area contributed by atoms with Gasteiger partial charge < -0.3 is 10.1 Å². The van der Waals surface area contributed by atoms with E-state index in [0.29, 0.717) is 24.2 Å². The second kappa shape index (κ2) is 6.49. The lowest BCUT2D eigenvalue weighted by atomic mass is 9.52. The average Bonchev–Trinajstić information content (AvgIpc) is 2.68. The maximum Gasteiger partial charge on any atom is 0.133 e. The first kappa shape index (κ1) is 17.0. The lowest BCUT2D eigenvalue weighted by molar-refractivity contribution is -0.125. The highest BCUT2D eigenvalue weighted by molar-refractivity contribution is 5.82. The molecule has 2 fully saturated rings.